The first-order chi connectivity index (χ1) is 14.9. The molecule has 0 saturated carbocycles. The van der Waals surface area contributed by atoms with Crippen molar-refractivity contribution in [3.63, 3.8) is 0 Å². The Balaban J connectivity index is 1.93. The molecule has 1 unspecified atom stereocenters. The van der Waals surface area contributed by atoms with E-state index in [2.05, 4.69) is 26.8 Å². The van der Waals surface area contributed by atoms with Crippen LogP contribution in [0.25, 0.3) is 11.0 Å². The van der Waals surface area contributed by atoms with Crippen LogP contribution in [0.2, 0.25) is 0 Å². The molecule has 0 aromatic carbocycles. The van der Waals surface area contributed by atoms with E-state index in [1.54, 1.807) is 30.8 Å². The molecule has 0 spiro atoms. The van der Waals surface area contributed by atoms with E-state index < -0.39 is 0 Å². The molecule has 0 aliphatic carbocycles. The first kappa shape index (κ1) is 20.8. The minimum atomic E-state index is -0.354. The van der Waals surface area contributed by atoms with Crippen LogP contribution in [-0.2, 0) is 20.1 Å². The van der Waals surface area contributed by atoms with E-state index in [0.29, 0.717) is 18.3 Å². The van der Waals surface area contributed by atoms with Crippen LogP contribution in [-0.4, -0.2) is 48.0 Å². The van der Waals surface area contributed by atoms with Crippen LogP contribution < -0.4 is 21.8 Å². The Morgan fingerprint density at radius 1 is 1.26 bits per heavy atom. The zero-order valence-corrected chi connectivity index (χ0v) is 18.0. The Labute approximate surface area is 179 Å². The Morgan fingerprint density at radius 3 is 2.77 bits per heavy atom. The lowest BCUT2D eigenvalue weighted by molar-refractivity contribution is 0.489. The van der Waals surface area contributed by atoms with E-state index in [4.69, 9.17) is 5.73 Å². The molecule has 0 bridgehead atoms. The molecule has 4 rings (SSSR count). The van der Waals surface area contributed by atoms with Crippen molar-refractivity contribution in [3.05, 3.63) is 44.5 Å². The predicted octanol–water partition coefficient (Wildman–Crippen LogP) is -0.00578. The molecule has 1 saturated heterocycles. The Kier molecular flexibility index (Phi) is 5.61. The number of imidazole rings is 1. The van der Waals surface area contributed by atoms with Crippen molar-refractivity contribution in [2.45, 2.75) is 45.8 Å². The van der Waals surface area contributed by atoms with Gasteiger partial charge < -0.3 is 10.6 Å². The predicted molar refractivity (Wildman–Crippen MR) is 118 cm³/mol. The van der Waals surface area contributed by atoms with E-state index in [1.807, 2.05) is 11.8 Å². The summed E-state index contributed by atoms with van der Waals surface area (Å²) in [5, 5.41) is 0. The second-order valence-electron chi connectivity index (χ2n) is 7.78. The van der Waals surface area contributed by atoms with Crippen LogP contribution in [0.15, 0.2) is 21.9 Å². The number of rotatable bonds is 4. The van der Waals surface area contributed by atoms with Gasteiger partial charge in [-0.3, -0.25) is 14.2 Å². The molecule has 10 heteroatoms. The third kappa shape index (κ3) is 3.84. The van der Waals surface area contributed by atoms with Crippen molar-refractivity contribution in [1.29, 1.82) is 0 Å². The van der Waals surface area contributed by atoms with Gasteiger partial charge in [0.1, 0.15) is 17.9 Å². The summed E-state index contributed by atoms with van der Waals surface area (Å²) >= 11 is 0. The molecule has 31 heavy (non-hydrogen) atoms. The monoisotopic (exact) mass is 422 g/mol. The number of hydrogen-bond donors (Lipinski definition) is 1. The van der Waals surface area contributed by atoms with E-state index in [0.717, 1.165) is 25.1 Å². The quantitative estimate of drug-likeness (QED) is 0.588. The van der Waals surface area contributed by atoms with Crippen LogP contribution in [0.5, 0.6) is 0 Å². The normalized spacial score (nSPS) is 16.4. The van der Waals surface area contributed by atoms with Crippen LogP contribution in [0.4, 0.5) is 5.95 Å². The second-order valence-corrected chi connectivity index (χ2v) is 7.78. The highest BCUT2D eigenvalue weighted by molar-refractivity contribution is 5.77. The average molecular weight is 422 g/mol. The van der Waals surface area contributed by atoms with Crippen molar-refractivity contribution in [1.82, 2.24) is 28.9 Å². The van der Waals surface area contributed by atoms with Gasteiger partial charge in [-0.2, -0.15) is 0 Å². The van der Waals surface area contributed by atoms with Gasteiger partial charge in [0.25, 0.3) is 11.1 Å². The van der Waals surface area contributed by atoms with Crippen molar-refractivity contribution in [3.8, 4) is 11.8 Å². The van der Waals surface area contributed by atoms with Crippen LogP contribution >= 0.6 is 0 Å². The van der Waals surface area contributed by atoms with Crippen LogP contribution in [0, 0.1) is 18.8 Å². The van der Waals surface area contributed by atoms with Gasteiger partial charge in [-0.25, -0.2) is 24.3 Å². The first-order valence-electron chi connectivity index (χ1n) is 10.3. The molecule has 0 amide bonds. The van der Waals surface area contributed by atoms with Gasteiger partial charge in [0, 0.05) is 38.1 Å². The summed E-state index contributed by atoms with van der Waals surface area (Å²) < 4.78 is 4.37. The zero-order valence-electron chi connectivity index (χ0n) is 18.0. The Hall–Kier alpha value is -3.45. The van der Waals surface area contributed by atoms with E-state index in [9.17, 15) is 9.59 Å². The summed E-state index contributed by atoms with van der Waals surface area (Å²) in [6, 6.07) is 1.81. The standard InChI is InChI=1S/C21H26N8O2/c1-4-5-11-28-18-17(25-21(28)27-10-6-7-15(22)12-27)19(30)26(3)29(20(18)31)13-16-23-9-8-14(2)24-16/h8-9,15H,6-7,10-13,22H2,1-3H3. The highest BCUT2D eigenvalue weighted by Gasteiger charge is 2.26. The SMILES string of the molecule is CC#CCn1c(N2CCCC(N)C2)nc2c(=O)n(C)n(Cc3nccc(C)n3)c(=O)c21. The van der Waals surface area contributed by atoms with Gasteiger partial charge in [-0.1, -0.05) is 5.92 Å². The molecule has 3 aromatic rings. The average Bonchev–Trinajstić information content (AvgIpc) is 3.13. The van der Waals surface area contributed by atoms with Gasteiger partial charge >= 0.3 is 0 Å². The molecule has 0 radical (unpaired) electrons. The van der Waals surface area contributed by atoms with Crippen LogP contribution in [0.1, 0.15) is 31.3 Å². The maximum absolute atomic E-state index is 13.5. The van der Waals surface area contributed by atoms with Gasteiger partial charge in [-0.15, -0.1) is 5.92 Å². The summed E-state index contributed by atoms with van der Waals surface area (Å²) in [5.41, 5.74) is 6.64. The molecule has 1 atom stereocenters. The number of aryl methyl sites for hydroxylation is 1. The summed E-state index contributed by atoms with van der Waals surface area (Å²) in [7, 11) is 1.56. The number of piperidine rings is 1. The molecular formula is C21H26N8O2. The van der Waals surface area contributed by atoms with E-state index in [-0.39, 0.29) is 41.3 Å². The number of aromatic nitrogens is 6. The van der Waals surface area contributed by atoms with Gasteiger partial charge in [0.2, 0.25) is 5.95 Å². The van der Waals surface area contributed by atoms with E-state index in [1.165, 1.54) is 9.36 Å². The fourth-order valence-corrected chi connectivity index (χ4v) is 3.96. The molecule has 162 valence electrons. The van der Waals surface area contributed by atoms with Crippen molar-refractivity contribution in [2.24, 2.45) is 12.8 Å². The fourth-order valence-electron chi connectivity index (χ4n) is 3.96. The topological polar surface area (TPSA) is 117 Å². The third-order valence-corrected chi connectivity index (χ3v) is 5.53. The lowest BCUT2D eigenvalue weighted by Crippen LogP contribution is -2.44. The molecule has 2 N–H and O–H groups in total. The number of nitrogens with zero attached hydrogens (tertiary/aromatic N) is 7. The van der Waals surface area contributed by atoms with Crippen LogP contribution in [0.3, 0.4) is 0 Å². The largest absolute Gasteiger partial charge is 0.341 e. The number of anilines is 1. The maximum Gasteiger partial charge on any atom is 0.293 e. The molecule has 1 aliphatic heterocycles. The highest BCUT2D eigenvalue weighted by atomic mass is 16.2. The van der Waals surface area contributed by atoms with Crippen molar-refractivity contribution >= 4 is 17.0 Å². The molecule has 1 aliphatic rings. The summed E-state index contributed by atoms with van der Waals surface area (Å²) in [5.74, 6) is 6.88. The zero-order chi connectivity index (χ0) is 22.1. The van der Waals surface area contributed by atoms with Crippen molar-refractivity contribution in [2.75, 3.05) is 18.0 Å². The van der Waals surface area contributed by atoms with Gasteiger partial charge in [-0.05, 0) is 32.8 Å². The lowest BCUT2D eigenvalue weighted by Gasteiger charge is -2.31. The molecule has 1 fully saturated rings. The van der Waals surface area contributed by atoms with Crippen molar-refractivity contribution < 1.29 is 0 Å². The second kappa shape index (κ2) is 8.35. The maximum atomic E-state index is 13.5. The minimum Gasteiger partial charge on any atom is -0.341 e. The number of fused-ring (bicyclic) bond motifs is 1. The summed E-state index contributed by atoms with van der Waals surface area (Å²) in [4.78, 5) is 41.9. The minimum absolute atomic E-state index is 0.0252. The Morgan fingerprint density at radius 2 is 2.06 bits per heavy atom. The summed E-state index contributed by atoms with van der Waals surface area (Å²) in [6.45, 7) is 5.32. The number of hydrogen-bond acceptors (Lipinski definition) is 7. The fraction of sp³-hybridized carbons (Fsp3) is 0.476. The molecule has 3 aromatic heterocycles. The molecular weight excluding hydrogens is 396 g/mol. The lowest BCUT2D eigenvalue weighted by atomic mass is 10.1. The Bertz CT molecular complexity index is 1310. The van der Waals surface area contributed by atoms with Gasteiger partial charge in [0.15, 0.2) is 5.52 Å². The van der Waals surface area contributed by atoms with E-state index >= 15 is 0 Å². The first-order valence-corrected chi connectivity index (χ1v) is 10.3. The smallest absolute Gasteiger partial charge is 0.293 e. The highest BCUT2D eigenvalue weighted by Crippen LogP contribution is 2.22. The third-order valence-electron chi connectivity index (χ3n) is 5.53. The number of nitrogens with two attached hydrogens (primary N) is 1. The molecule has 4 heterocycles. The summed E-state index contributed by atoms with van der Waals surface area (Å²) in [6.07, 6.45) is 3.51. The molecule has 10 nitrogen and oxygen atoms in total. The van der Waals surface area contributed by atoms with Gasteiger partial charge in [0.05, 0.1) is 6.54 Å².